The zero-order chi connectivity index (χ0) is 21.0. The largest absolute Gasteiger partial charge is 0.481 e. The molecule has 7 nitrogen and oxygen atoms in total. The van der Waals surface area contributed by atoms with Gasteiger partial charge in [0.25, 0.3) is 11.5 Å². The van der Waals surface area contributed by atoms with Crippen LogP contribution >= 0.6 is 0 Å². The van der Waals surface area contributed by atoms with E-state index >= 15 is 0 Å². The van der Waals surface area contributed by atoms with Gasteiger partial charge in [-0.25, -0.2) is 0 Å². The molecule has 3 rings (SSSR count). The Morgan fingerprint density at radius 1 is 1.17 bits per heavy atom. The maximum atomic E-state index is 13.0. The Hall–Kier alpha value is -2.93. The van der Waals surface area contributed by atoms with Gasteiger partial charge in [-0.1, -0.05) is 30.3 Å². The fraction of sp³-hybridized carbons (Fsp3) is 0.409. The van der Waals surface area contributed by atoms with E-state index in [2.05, 4.69) is 9.88 Å². The van der Waals surface area contributed by atoms with Crippen LogP contribution in [0.5, 0.6) is 0 Å². The van der Waals surface area contributed by atoms with Crippen molar-refractivity contribution in [1.82, 2.24) is 14.8 Å². The van der Waals surface area contributed by atoms with Gasteiger partial charge in [-0.15, -0.1) is 0 Å². The van der Waals surface area contributed by atoms with Crippen LogP contribution in [-0.2, 0) is 4.79 Å². The number of carbonyl (C=O) groups is 2. The number of nitrogens with zero attached hydrogens (tertiary/aromatic N) is 2. The molecule has 1 fully saturated rings. The summed E-state index contributed by atoms with van der Waals surface area (Å²) in [5.41, 5.74) is 1.25. The van der Waals surface area contributed by atoms with Crippen LogP contribution in [0, 0.1) is 5.92 Å². The van der Waals surface area contributed by atoms with Crippen molar-refractivity contribution in [2.45, 2.75) is 25.3 Å². The number of piperidine rings is 1. The summed E-state index contributed by atoms with van der Waals surface area (Å²) in [4.78, 5) is 43.2. The Morgan fingerprint density at radius 3 is 2.52 bits per heavy atom. The summed E-state index contributed by atoms with van der Waals surface area (Å²) < 4.78 is 0. The highest BCUT2D eigenvalue weighted by Gasteiger charge is 2.33. The molecule has 1 aliphatic heterocycles. The lowest BCUT2D eigenvalue weighted by atomic mass is 9.87. The van der Waals surface area contributed by atoms with E-state index in [4.69, 9.17) is 5.11 Å². The van der Waals surface area contributed by atoms with Gasteiger partial charge in [-0.3, -0.25) is 14.4 Å². The summed E-state index contributed by atoms with van der Waals surface area (Å²) in [6.07, 6.45) is 1.33. The molecule has 0 spiro atoms. The van der Waals surface area contributed by atoms with Crippen LogP contribution in [0.15, 0.2) is 47.3 Å². The van der Waals surface area contributed by atoms with Crippen molar-refractivity contribution in [2.24, 2.45) is 5.92 Å². The highest BCUT2D eigenvalue weighted by molar-refractivity contribution is 5.94. The number of likely N-dealkylation sites (tertiary alicyclic amines) is 1. The highest BCUT2D eigenvalue weighted by Crippen LogP contribution is 2.26. The highest BCUT2D eigenvalue weighted by atomic mass is 16.4. The summed E-state index contributed by atoms with van der Waals surface area (Å²) in [6, 6.07) is 13.0. The van der Waals surface area contributed by atoms with Crippen molar-refractivity contribution in [1.29, 1.82) is 0 Å². The number of carboxylic acids is 1. The summed E-state index contributed by atoms with van der Waals surface area (Å²) in [5, 5.41) is 9.04. The van der Waals surface area contributed by atoms with Crippen LogP contribution in [0.3, 0.4) is 0 Å². The van der Waals surface area contributed by atoms with Crippen molar-refractivity contribution < 1.29 is 14.7 Å². The number of nitrogens with one attached hydrogen (secondary N) is 1. The minimum Gasteiger partial charge on any atom is -0.481 e. The number of hydrogen-bond donors (Lipinski definition) is 2. The number of aromatic nitrogens is 1. The molecule has 0 radical (unpaired) electrons. The summed E-state index contributed by atoms with van der Waals surface area (Å²) in [6.45, 7) is 1.000. The van der Waals surface area contributed by atoms with Crippen molar-refractivity contribution in [3.8, 4) is 11.3 Å². The minimum absolute atomic E-state index is 0.0569. The molecule has 1 aliphatic rings. The molecule has 7 heteroatoms. The fourth-order valence-corrected chi connectivity index (χ4v) is 4.08. The summed E-state index contributed by atoms with van der Waals surface area (Å²) in [7, 11) is 3.95. The third-order valence-electron chi connectivity index (χ3n) is 5.60. The lowest BCUT2D eigenvalue weighted by Gasteiger charge is -2.41. The van der Waals surface area contributed by atoms with E-state index in [9.17, 15) is 14.4 Å². The Bertz CT molecular complexity index is 923. The van der Waals surface area contributed by atoms with Crippen molar-refractivity contribution in [3.63, 3.8) is 0 Å². The molecule has 2 heterocycles. The number of aliphatic carboxylic acids is 1. The lowest BCUT2D eigenvalue weighted by Crippen LogP contribution is -2.51. The van der Waals surface area contributed by atoms with Gasteiger partial charge < -0.3 is 19.9 Å². The van der Waals surface area contributed by atoms with E-state index in [1.807, 2.05) is 44.4 Å². The van der Waals surface area contributed by atoms with E-state index in [1.165, 1.54) is 0 Å². The smallest absolute Gasteiger partial charge is 0.303 e. The van der Waals surface area contributed by atoms with Gasteiger partial charge in [-0.05, 0) is 50.6 Å². The number of rotatable bonds is 6. The number of H-pyrrole nitrogens is 1. The van der Waals surface area contributed by atoms with Crippen LogP contribution in [0.4, 0.5) is 0 Å². The first kappa shape index (κ1) is 20.8. The quantitative estimate of drug-likeness (QED) is 0.780. The number of carbonyl (C=O) groups excluding carboxylic acids is 1. The topological polar surface area (TPSA) is 93.7 Å². The number of benzene rings is 1. The number of aromatic amines is 1. The van der Waals surface area contributed by atoms with E-state index in [1.54, 1.807) is 17.0 Å². The van der Waals surface area contributed by atoms with Crippen LogP contribution < -0.4 is 5.56 Å². The molecule has 29 heavy (non-hydrogen) atoms. The normalized spacial score (nSPS) is 19.3. The summed E-state index contributed by atoms with van der Waals surface area (Å²) in [5.74, 6) is -1.08. The number of pyridine rings is 1. The molecular weight excluding hydrogens is 370 g/mol. The monoisotopic (exact) mass is 397 g/mol. The second kappa shape index (κ2) is 9.05. The molecule has 1 amide bonds. The van der Waals surface area contributed by atoms with Gasteiger partial charge in [-0.2, -0.15) is 0 Å². The average Bonchev–Trinajstić information content (AvgIpc) is 2.72. The van der Waals surface area contributed by atoms with Gasteiger partial charge in [0.2, 0.25) is 0 Å². The zero-order valence-electron chi connectivity index (χ0n) is 16.8. The van der Waals surface area contributed by atoms with Crippen molar-refractivity contribution >= 4 is 11.9 Å². The lowest BCUT2D eigenvalue weighted by molar-refractivity contribution is -0.137. The molecule has 2 aromatic rings. The zero-order valence-corrected chi connectivity index (χ0v) is 16.8. The Balaban J connectivity index is 1.77. The van der Waals surface area contributed by atoms with E-state index < -0.39 is 11.5 Å². The van der Waals surface area contributed by atoms with Crippen LogP contribution in [-0.4, -0.2) is 65.0 Å². The molecule has 2 atom stereocenters. The SMILES string of the molecule is CN(C)[C@H]1CCN(C(=O)c2ccc(-c3ccccc3)[nH]c2=O)C[C@H]1CCC(=O)O. The number of carboxylic acid groups (broad SMARTS) is 1. The maximum absolute atomic E-state index is 13.0. The minimum atomic E-state index is -0.834. The van der Waals surface area contributed by atoms with Gasteiger partial charge in [0.1, 0.15) is 5.56 Å². The van der Waals surface area contributed by atoms with Crippen LogP contribution in [0.2, 0.25) is 0 Å². The number of amides is 1. The van der Waals surface area contributed by atoms with Gasteiger partial charge in [0.05, 0.1) is 0 Å². The van der Waals surface area contributed by atoms with E-state index in [-0.39, 0.29) is 29.9 Å². The first-order chi connectivity index (χ1) is 13.9. The first-order valence-corrected chi connectivity index (χ1v) is 9.83. The Morgan fingerprint density at radius 2 is 1.90 bits per heavy atom. The fourth-order valence-electron chi connectivity index (χ4n) is 4.08. The molecule has 0 bridgehead atoms. The standard InChI is InChI=1S/C22H27N3O4/c1-24(2)19-12-13-25(14-16(19)8-11-20(26)27)22(29)17-9-10-18(23-21(17)28)15-6-4-3-5-7-15/h3-7,9-10,16,19H,8,11-14H2,1-2H3,(H,23,28)(H,26,27)/t16-,19+/m1/s1. The van der Waals surface area contributed by atoms with E-state index in [0.717, 1.165) is 12.0 Å². The second-order valence-corrected chi connectivity index (χ2v) is 7.74. The second-order valence-electron chi connectivity index (χ2n) is 7.74. The van der Waals surface area contributed by atoms with Gasteiger partial charge in [0.15, 0.2) is 0 Å². The molecule has 0 unspecified atom stereocenters. The molecule has 1 saturated heterocycles. The predicted octanol–water partition coefficient (Wildman–Crippen LogP) is 2.30. The van der Waals surface area contributed by atoms with E-state index in [0.29, 0.717) is 25.2 Å². The Labute approximate surface area is 170 Å². The van der Waals surface area contributed by atoms with Crippen LogP contribution in [0.25, 0.3) is 11.3 Å². The molecular formula is C22H27N3O4. The summed E-state index contributed by atoms with van der Waals surface area (Å²) >= 11 is 0. The molecule has 1 aromatic heterocycles. The molecule has 0 aliphatic carbocycles. The van der Waals surface area contributed by atoms with Crippen molar-refractivity contribution in [2.75, 3.05) is 27.2 Å². The van der Waals surface area contributed by atoms with Gasteiger partial charge in [0, 0.05) is 31.2 Å². The average molecular weight is 397 g/mol. The van der Waals surface area contributed by atoms with Crippen molar-refractivity contribution in [3.05, 3.63) is 58.4 Å². The third kappa shape index (κ3) is 4.92. The van der Waals surface area contributed by atoms with Gasteiger partial charge >= 0.3 is 5.97 Å². The number of hydrogen-bond acceptors (Lipinski definition) is 4. The Kier molecular flexibility index (Phi) is 6.49. The molecule has 2 N–H and O–H groups in total. The predicted molar refractivity (Wildman–Crippen MR) is 111 cm³/mol. The van der Waals surface area contributed by atoms with Crippen LogP contribution in [0.1, 0.15) is 29.6 Å². The molecule has 0 saturated carbocycles. The molecule has 1 aromatic carbocycles. The third-order valence-corrected chi connectivity index (χ3v) is 5.60. The molecule has 154 valence electrons. The maximum Gasteiger partial charge on any atom is 0.303 e. The first-order valence-electron chi connectivity index (χ1n) is 9.83.